The van der Waals surface area contributed by atoms with Crippen LogP contribution in [0.2, 0.25) is 5.15 Å². The van der Waals surface area contributed by atoms with Gasteiger partial charge in [0.05, 0.1) is 5.69 Å². The van der Waals surface area contributed by atoms with Gasteiger partial charge in [-0.1, -0.05) is 24.6 Å². The van der Waals surface area contributed by atoms with E-state index in [-0.39, 0.29) is 12.4 Å². The first-order valence-corrected chi connectivity index (χ1v) is 5.53. The minimum atomic E-state index is 0. The van der Waals surface area contributed by atoms with Crippen LogP contribution >= 0.6 is 24.0 Å². The van der Waals surface area contributed by atoms with Crippen molar-refractivity contribution in [1.29, 1.82) is 0 Å². The Labute approximate surface area is 106 Å². The largest absolute Gasteiger partial charge is 0.311 e. The number of aromatic nitrogens is 2. The third-order valence-electron chi connectivity index (χ3n) is 2.30. The molecule has 88 valence electrons. The summed E-state index contributed by atoms with van der Waals surface area (Å²) < 4.78 is 2.02. The molecule has 2 aromatic heterocycles. The van der Waals surface area contributed by atoms with Crippen LogP contribution in [0.1, 0.15) is 19.0 Å². The first-order chi connectivity index (χ1) is 7.33. The Kier molecular flexibility index (Phi) is 5.06. The van der Waals surface area contributed by atoms with Crippen LogP contribution in [0.25, 0.3) is 5.65 Å². The van der Waals surface area contributed by atoms with Crippen molar-refractivity contribution in [2.24, 2.45) is 0 Å². The van der Waals surface area contributed by atoms with E-state index in [4.69, 9.17) is 11.6 Å². The molecule has 3 nitrogen and oxygen atoms in total. The van der Waals surface area contributed by atoms with Crippen molar-refractivity contribution in [3.63, 3.8) is 0 Å². The summed E-state index contributed by atoms with van der Waals surface area (Å²) in [6.07, 6.45) is 3.10. The highest BCUT2D eigenvalue weighted by Gasteiger charge is 2.08. The second-order valence-electron chi connectivity index (χ2n) is 3.45. The van der Waals surface area contributed by atoms with Gasteiger partial charge in [0, 0.05) is 12.7 Å². The average molecular weight is 260 g/mol. The van der Waals surface area contributed by atoms with Gasteiger partial charge in [0.25, 0.3) is 0 Å². The maximum absolute atomic E-state index is 6.07. The van der Waals surface area contributed by atoms with Crippen LogP contribution in [-0.4, -0.2) is 15.9 Å². The highest BCUT2D eigenvalue weighted by Crippen LogP contribution is 2.16. The molecule has 0 aliphatic heterocycles. The van der Waals surface area contributed by atoms with Gasteiger partial charge in [0.2, 0.25) is 0 Å². The highest BCUT2D eigenvalue weighted by molar-refractivity contribution is 6.30. The molecule has 0 unspecified atom stereocenters. The smallest absolute Gasteiger partial charge is 0.152 e. The quantitative estimate of drug-likeness (QED) is 0.856. The molecule has 5 heteroatoms. The van der Waals surface area contributed by atoms with E-state index in [1.54, 1.807) is 0 Å². The molecule has 0 radical (unpaired) electrons. The highest BCUT2D eigenvalue weighted by atomic mass is 35.5. The van der Waals surface area contributed by atoms with E-state index in [1.165, 1.54) is 0 Å². The number of hydrogen-bond donors (Lipinski definition) is 1. The monoisotopic (exact) mass is 259 g/mol. The topological polar surface area (TPSA) is 29.3 Å². The molecule has 0 aromatic carbocycles. The molecular formula is C11H15Cl2N3. The SMILES string of the molecule is CCCNCc1c(Cl)nc2ccccn12.Cl. The molecule has 16 heavy (non-hydrogen) atoms. The van der Waals surface area contributed by atoms with Crippen molar-refractivity contribution >= 4 is 29.7 Å². The van der Waals surface area contributed by atoms with Crippen LogP contribution in [0.5, 0.6) is 0 Å². The Morgan fingerprint density at radius 1 is 1.44 bits per heavy atom. The minimum Gasteiger partial charge on any atom is -0.311 e. The molecule has 0 aliphatic rings. The molecule has 0 spiro atoms. The Bertz CT molecular complexity index is 453. The molecule has 0 saturated carbocycles. The molecule has 0 aliphatic carbocycles. The molecule has 2 heterocycles. The fourth-order valence-electron chi connectivity index (χ4n) is 1.56. The van der Waals surface area contributed by atoms with E-state index in [2.05, 4.69) is 17.2 Å². The summed E-state index contributed by atoms with van der Waals surface area (Å²) in [6.45, 7) is 3.90. The molecule has 0 bridgehead atoms. The molecule has 2 aromatic rings. The first-order valence-electron chi connectivity index (χ1n) is 5.15. The summed E-state index contributed by atoms with van der Waals surface area (Å²) in [5.41, 5.74) is 1.93. The maximum atomic E-state index is 6.07. The average Bonchev–Trinajstić information content (AvgIpc) is 2.56. The van der Waals surface area contributed by atoms with Gasteiger partial charge in [-0.25, -0.2) is 4.98 Å². The van der Waals surface area contributed by atoms with Crippen LogP contribution in [0.3, 0.4) is 0 Å². The van der Waals surface area contributed by atoms with E-state index in [0.717, 1.165) is 30.9 Å². The van der Waals surface area contributed by atoms with Gasteiger partial charge in [-0.3, -0.25) is 0 Å². The standard InChI is InChI=1S/C11H14ClN3.ClH/c1-2-6-13-8-9-11(12)14-10-5-3-4-7-15(9)10;/h3-5,7,13H,2,6,8H2,1H3;1H. The van der Waals surface area contributed by atoms with Crippen molar-refractivity contribution in [3.05, 3.63) is 35.2 Å². The van der Waals surface area contributed by atoms with Gasteiger partial charge in [0.15, 0.2) is 5.15 Å². The molecule has 2 rings (SSSR count). The fourth-order valence-corrected chi connectivity index (χ4v) is 1.80. The van der Waals surface area contributed by atoms with Crippen LogP contribution in [0, 0.1) is 0 Å². The Morgan fingerprint density at radius 2 is 2.25 bits per heavy atom. The number of rotatable bonds is 4. The van der Waals surface area contributed by atoms with Crippen molar-refractivity contribution in [3.8, 4) is 0 Å². The second kappa shape index (κ2) is 6.09. The second-order valence-corrected chi connectivity index (χ2v) is 3.81. The molecule has 0 fully saturated rings. The lowest BCUT2D eigenvalue weighted by atomic mass is 10.4. The van der Waals surface area contributed by atoms with Gasteiger partial charge in [-0.15, -0.1) is 12.4 Å². The van der Waals surface area contributed by atoms with Gasteiger partial charge in [0.1, 0.15) is 5.65 Å². The molecule has 0 atom stereocenters. The van der Waals surface area contributed by atoms with Crippen LogP contribution in [0.15, 0.2) is 24.4 Å². The molecule has 1 N–H and O–H groups in total. The van der Waals surface area contributed by atoms with E-state index in [0.29, 0.717) is 5.15 Å². The summed E-state index contributed by atoms with van der Waals surface area (Å²) >= 11 is 6.07. The zero-order valence-corrected chi connectivity index (χ0v) is 10.7. The number of nitrogens with zero attached hydrogens (tertiary/aromatic N) is 2. The first kappa shape index (κ1) is 13.3. The number of halogens is 2. The number of nitrogens with one attached hydrogen (secondary N) is 1. The number of hydrogen-bond acceptors (Lipinski definition) is 2. The van der Waals surface area contributed by atoms with Gasteiger partial charge < -0.3 is 9.72 Å². The van der Waals surface area contributed by atoms with Crippen molar-refractivity contribution in [2.45, 2.75) is 19.9 Å². The molecule has 0 amide bonds. The predicted octanol–water partition coefficient (Wildman–Crippen LogP) is 2.91. The summed E-state index contributed by atoms with van der Waals surface area (Å²) in [7, 11) is 0. The number of imidazole rings is 1. The van der Waals surface area contributed by atoms with E-state index < -0.39 is 0 Å². The summed E-state index contributed by atoms with van der Waals surface area (Å²) in [4.78, 5) is 4.28. The Balaban J connectivity index is 0.00000128. The Morgan fingerprint density at radius 3 is 3.00 bits per heavy atom. The van der Waals surface area contributed by atoms with Crippen LogP contribution in [-0.2, 0) is 6.54 Å². The van der Waals surface area contributed by atoms with Crippen molar-refractivity contribution < 1.29 is 0 Å². The number of pyridine rings is 1. The van der Waals surface area contributed by atoms with Crippen molar-refractivity contribution in [2.75, 3.05) is 6.54 Å². The third kappa shape index (κ3) is 2.67. The maximum Gasteiger partial charge on any atom is 0.152 e. The lowest BCUT2D eigenvalue weighted by Gasteiger charge is -2.03. The van der Waals surface area contributed by atoms with E-state index in [9.17, 15) is 0 Å². The number of fused-ring (bicyclic) bond motifs is 1. The van der Waals surface area contributed by atoms with Gasteiger partial charge in [-0.2, -0.15) is 0 Å². The van der Waals surface area contributed by atoms with Crippen LogP contribution in [0.4, 0.5) is 0 Å². The summed E-state index contributed by atoms with van der Waals surface area (Å²) in [5, 5.41) is 3.91. The lowest BCUT2D eigenvalue weighted by molar-refractivity contribution is 0.661. The lowest BCUT2D eigenvalue weighted by Crippen LogP contribution is -2.15. The summed E-state index contributed by atoms with van der Waals surface area (Å²) in [6, 6.07) is 5.89. The van der Waals surface area contributed by atoms with Crippen LogP contribution < -0.4 is 5.32 Å². The zero-order valence-electron chi connectivity index (χ0n) is 9.11. The zero-order chi connectivity index (χ0) is 10.7. The molecular weight excluding hydrogens is 245 g/mol. The normalized spacial score (nSPS) is 10.4. The van der Waals surface area contributed by atoms with E-state index in [1.807, 2.05) is 28.8 Å². The minimum absolute atomic E-state index is 0. The fraction of sp³-hybridized carbons (Fsp3) is 0.364. The Hall–Kier alpha value is -0.770. The van der Waals surface area contributed by atoms with E-state index >= 15 is 0 Å². The van der Waals surface area contributed by atoms with Gasteiger partial charge >= 0.3 is 0 Å². The van der Waals surface area contributed by atoms with Gasteiger partial charge in [-0.05, 0) is 25.1 Å². The van der Waals surface area contributed by atoms with Crippen molar-refractivity contribution in [1.82, 2.24) is 14.7 Å². The third-order valence-corrected chi connectivity index (χ3v) is 2.60. The molecule has 0 saturated heterocycles. The predicted molar refractivity (Wildman–Crippen MR) is 69.4 cm³/mol. The summed E-state index contributed by atoms with van der Waals surface area (Å²) in [5.74, 6) is 0.